The van der Waals surface area contributed by atoms with E-state index in [1.807, 2.05) is 30.3 Å². The van der Waals surface area contributed by atoms with Crippen LogP contribution in [0, 0.1) is 0 Å². The Morgan fingerprint density at radius 2 is 1.84 bits per heavy atom. The van der Waals surface area contributed by atoms with Gasteiger partial charge in [0.2, 0.25) is 0 Å². The van der Waals surface area contributed by atoms with Crippen molar-refractivity contribution in [1.82, 2.24) is 5.32 Å². The number of methoxy groups -OCH3 is 1. The number of benzene rings is 2. The van der Waals surface area contributed by atoms with E-state index in [1.165, 1.54) is 17.3 Å². The average Bonchev–Trinajstić information content (AvgIpc) is 3.10. The zero-order chi connectivity index (χ0) is 22.2. The van der Waals surface area contributed by atoms with Gasteiger partial charge in [-0.05, 0) is 53.8 Å². The summed E-state index contributed by atoms with van der Waals surface area (Å²) in [5.74, 6) is 2.52. The van der Waals surface area contributed by atoms with Gasteiger partial charge in [-0.2, -0.15) is 0 Å². The molecule has 1 unspecified atom stereocenters. The van der Waals surface area contributed by atoms with Gasteiger partial charge in [0.05, 0.1) is 25.2 Å². The number of hydrogen-bond donors (Lipinski definition) is 1. The summed E-state index contributed by atoms with van der Waals surface area (Å²) in [6.45, 7) is 5.50. The fraction of sp³-hybridized carbons (Fsp3) is 0.333. The van der Waals surface area contributed by atoms with Crippen molar-refractivity contribution in [2.75, 3.05) is 20.3 Å². The van der Waals surface area contributed by atoms with E-state index in [-0.39, 0.29) is 5.91 Å². The van der Waals surface area contributed by atoms with Crippen molar-refractivity contribution in [3.8, 4) is 17.2 Å². The molecule has 0 saturated carbocycles. The Hall–Kier alpha value is -2.51. The van der Waals surface area contributed by atoms with Gasteiger partial charge in [-0.3, -0.25) is 4.79 Å². The zero-order valence-electron chi connectivity index (χ0n) is 18.0. The standard InChI is InChI=1S/C24H27NO4S2/c1-4-16(2)18-7-9-19(10-8-18)28-12-5-13-29-20-11-6-17(14-21(20)27-3)15-22-23(26)25-24(30)31-22/h6-11,14-16H,4-5,12-13H2,1-3H3,(H,25,26,30). The molecule has 3 rings (SSSR count). The van der Waals surface area contributed by atoms with Crippen molar-refractivity contribution in [1.29, 1.82) is 0 Å². The van der Waals surface area contributed by atoms with Gasteiger partial charge in [-0.1, -0.05) is 56.0 Å². The van der Waals surface area contributed by atoms with Crippen molar-refractivity contribution in [3.63, 3.8) is 0 Å². The third kappa shape index (κ3) is 6.48. The topological polar surface area (TPSA) is 56.8 Å². The summed E-state index contributed by atoms with van der Waals surface area (Å²) in [7, 11) is 1.59. The number of ether oxygens (including phenoxy) is 3. The first-order valence-corrected chi connectivity index (χ1v) is 11.5. The van der Waals surface area contributed by atoms with E-state index < -0.39 is 0 Å². The normalized spacial score (nSPS) is 15.6. The third-order valence-corrected chi connectivity index (χ3v) is 6.17. The van der Waals surface area contributed by atoms with Crippen LogP contribution < -0.4 is 19.5 Å². The Morgan fingerprint density at radius 3 is 2.48 bits per heavy atom. The van der Waals surface area contributed by atoms with E-state index in [2.05, 4.69) is 31.3 Å². The quantitative estimate of drug-likeness (QED) is 0.287. The van der Waals surface area contributed by atoms with Gasteiger partial charge in [0.25, 0.3) is 5.91 Å². The minimum absolute atomic E-state index is 0.177. The molecule has 0 aromatic heterocycles. The Labute approximate surface area is 193 Å². The molecule has 0 radical (unpaired) electrons. The Kier molecular flexibility index (Phi) is 8.37. The van der Waals surface area contributed by atoms with Crippen LogP contribution in [-0.4, -0.2) is 30.6 Å². The molecule has 1 aliphatic heterocycles. The van der Waals surface area contributed by atoms with Crippen molar-refractivity contribution < 1.29 is 19.0 Å². The number of rotatable bonds is 10. The lowest BCUT2D eigenvalue weighted by molar-refractivity contribution is -0.115. The molecule has 1 aliphatic rings. The van der Waals surface area contributed by atoms with Crippen LogP contribution in [0.2, 0.25) is 0 Å². The van der Waals surface area contributed by atoms with Crippen molar-refractivity contribution in [2.45, 2.75) is 32.6 Å². The van der Waals surface area contributed by atoms with E-state index in [4.69, 9.17) is 26.4 Å². The molecule has 0 aliphatic carbocycles. The maximum Gasteiger partial charge on any atom is 0.263 e. The molecule has 2 aromatic carbocycles. The summed E-state index contributed by atoms with van der Waals surface area (Å²) in [6, 6.07) is 13.9. The summed E-state index contributed by atoms with van der Waals surface area (Å²) < 4.78 is 17.6. The fourth-order valence-corrected chi connectivity index (χ4v) is 4.07. The molecule has 1 heterocycles. The minimum atomic E-state index is -0.177. The van der Waals surface area contributed by atoms with E-state index in [9.17, 15) is 4.79 Å². The summed E-state index contributed by atoms with van der Waals surface area (Å²) in [5, 5.41) is 2.61. The van der Waals surface area contributed by atoms with Gasteiger partial charge >= 0.3 is 0 Å². The predicted octanol–water partition coefficient (Wildman–Crippen LogP) is 5.55. The monoisotopic (exact) mass is 457 g/mol. The van der Waals surface area contributed by atoms with Crippen LogP contribution in [0.25, 0.3) is 6.08 Å². The van der Waals surface area contributed by atoms with Crippen LogP contribution in [0.4, 0.5) is 0 Å². The molecule has 31 heavy (non-hydrogen) atoms. The second-order valence-electron chi connectivity index (χ2n) is 7.19. The summed E-state index contributed by atoms with van der Waals surface area (Å²) in [6.07, 6.45) is 3.66. The first kappa shape index (κ1) is 23.2. The number of carbonyl (C=O) groups is 1. The number of nitrogens with one attached hydrogen (secondary N) is 1. The number of thioether (sulfide) groups is 1. The van der Waals surface area contributed by atoms with E-state index >= 15 is 0 Å². The smallest absolute Gasteiger partial charge is 0.263 e. The molecule has 7 heteroatoms. The Bertz CT molecular complexity index is 957. The molecule has 0 spiro atoms. The first-order chi connectivity index (χ1) is 15.0. The molecule has 164 valence electrons. The average molecular weight is 458 g/mol. The molecule has 1 fully saturated rings. The molecule has 5 nitrogen and oxygen atoms in total. The second-order valence-corrected chi connectivity index (χ2v) is 8.91. The van der Waals surface area contributed by atoms with E-state index in [0.717, 1.165) is 24.2 Å². The molecular weight excluding hydrogens is 430 g/mol. The van der Waals surface area contributed by atoms with Crippen LogP contribution in [0.3, 0.4) is 0 Å². The zero-order valence-corrected chi connectivity index (χ0v) is 19.6. The molecule has 1 atom stereocenters. The lowest BCUT2D eigenvalue weighted by Crippen LogP contribution is -2.17. The number of amides is 1. The van der Waals surface area contributed by atoms with Gasteiger partial charge < -0.3 is 19.5 Å². The molecule has 0 bridgehead atoms. The SMILES string of the molecule is CCC(C)c1ccc(OCCCOc2ccc(C=C3SC(=S)NC3=O)cc2OC)cc1. The third-order valence-electron chi connectivity index (χ3n) is 5.00. The summed E-state index contributed by atoms with van der Waals surface area (Å²) in [5.41, 5.74) is 2.18. The maximum atomic E-state index is 11.8. The van der Waals surface area contributed by atoms with E-state index in [1.54, 1.807) is 13.2 Å². The van der Waals surface area contributed by atoms with Crippen LogP contribution in [-0.2, 0) is 4.79 Å². The molecule has 1 amide bonds. The number of thiocarbonyl (C=S) groups is 1. The predicted molar refractivity (Wildman–Crippen MR) is 130 cm³/mol. The molecule has 2 aromatic rings. The minimum Gasteiger partial charge on any atom is -0.493 e. The maximum absolute atomic E-state index is 11.8. The van der Waals surface area contributed by atoms with Crippen molar-refractivity contribution >= 4 is 40.3 Å². The van der Waals surface area contributed by atoms with E-state index in [0.29, 0.717) is 39.9 Å². The molecule has 1 N–H and O–H groups in total. The van der Waals surface area contributed by atoms with Gasteiger partial charge in [0, 0.05) is 6.42 Å². The highest BCUT2D eigenvalue weighted by molar-refractivity contribution is 8.26. The van der Waals surface area contributed by atoms with Gasteiger partial charge in [-0.25, -0.2) is 0 Å². The Morgan fingerprint density at radius 1 is 1.10 bits per heavy atom. The number of carbonyl (C=O) groups excluding carboxylic acids is 1. The van der Waals surface area contributed by atoms with Crippen LogP contribution in [0.1, 0.15) is 43.7 Å². The first-order valence-electron chi connectivity index (χ1n) is 10.3. The van der Waals surface area contributed by atoms with Gasteiger partial charge in [0.1, 0.15) is 10.1 Å². The van der Waals surface area contributed by atoms with Gasteiger partial charge in [0.15, 0.2) is 11.5 Å². The van der Waals surface area contributed by atoms with Gasteiger partial charge in [-0.15, -0.1) is 0 Å². The highest BCUT2D eigenvalue weighted by Gasteiger charge is 2.22. The van der Waals surface area contributed by atoms with Crippen LogP contribution >= 0.6 is 24.0 Å². The van der Waals surface area contributed by atoms with Crippen LogP contribution in [0.5, 0.6) is 17.2 Å². The molecule has 1 saturated heterocycles. The lowest BCUT2D eigenvalue weighted by atomic mass is 9.99. The van der Waals surface area contributed by atoms with Crippen molar-refractivity contribution in [3.05, 3.63) is 58.5 Å². The highest BCUT2D eigenvalue weighted by atomic mass is 32.2. The fourth-order valence-electron chi connectivity index (χ4n) is 3.02. The summed E-state index contributed by atoms with van der Waals surface area (Å²) >= 11 is 6.27. The second kappa shape index (κ2) is 11.2. The highest BCUT2D eigenvalue weighted by Crippen LogP contribution is 2.31. The van der Waals surface area contributed by atoms with Crippen molar-refractivity contribution in [2.24, 2.45) is 0 Å². The van der Waals surface area contributed by atoms with Crippen LogP contribution in [0.15, 0.2) is 47.4 Å². The lowest BCUT2D eigenvalue weighted by Gasteiger charge is -2.13. The number of hydrogen-bond acceptors (Lipinski definition) is 6. The largest absolute Gasteiger partial charge is 0.493 e. The Balaban J connectivity index is 1.48. The molecular formula is C24H27NO4S2. The summed E-state index contributed by atoms with van der Waals surface area (Å²) in [4.78, 5) is 12.4.